The van der Waals surface area contributed by atoms with E-state index in [2.05, 4.69) is 15.2 Å². The molecule has 130 valence electrons. The van der Waals surface area contributed by atoms with Gasteiger partial charge in [-0.1, -0.05) is 29.8 Å². The van der Waals surface area contributed by atoms with E-state index in [4.69, 9.17) is 0 Å². The van der Waals surface area contributed by atoms with Crippen molar-refractivity contribution in [3.63, 3.8) is 0 Å². The summed E-state index contributed by atoms with van der Waals surface area (Å²) in [5.74, 6) is 0. The summed E-state index contributed by atoms with van der Waals surface area (Å²) >= 11 is 0. The number of aryl methyl sites for hydroxylation is 2. The van der Waals surface area contributed by atoms with Crippen molar-refractivity contribution in [2.45, 2.75) is 24.9 Å². The molecule has 7 nitrogen and oxygen atoms in total. The highest BCUT2D eigenvalue weighted by molar-refractivity contribution is 7.89. The number of aromatic nitrogens is 4. The van der Waals surface area contributed by atoms with Crippen LogP contribution in [0.25, 0.3) is 11.3 Å². The van der Waals surface area contributed by atoms with Gasteiger partial charge < -0.3 is 4.57 Å². The van der Waals surface area contributed by atoms with Gasteiger partial charge in [0.1, 0.15) is 0 Å². The second-order valence-electron chi connectivity index (χ2n) is 6.36. The van der Waals surface area contributed by atoms with Gasteiger partial charge in [0.05, 0.1) is 12.0 Å². The zero-order valence-electron chi connectivity index (χ0n) is 14.1. The number of fused-ring (bicyclic) bond motifs is 1. The van der Waals surface area contributed by atoms with Crippen molar-refractivity contribution in [3.8, 4) is 11.3 Å². The number of benzene rings is 1. The number of nitrogens with one attached hydrogen (secondary N) is 1. The van der Waals surface area contributed by atoms with Gasteiger partial charge in [-0.3, -0.25) is 5.10 Å². The lowest BCUT2D eigenvalue weighted by Crippen LogP contribution is -2.36. The normalized spacial score (nSPS) is 15.3. The predicted molar refractivity (Wildman–Crippen MR) is 93.3 cm³/mol. The van der Waals surface area contributed by atoms with Gasteiger partial charge in [-0.05, 0) is 6.92 Å². The summed E-state index contributed by atoms with van der Waals surface area (Å²) in [5, 5.41) is 7.57. The molecule has 0 bridgehead atoms. The van der Waals surface area contributed by atoms with Crippen LogP contribution in [0, 0.1) is 6.92 Å². The Kier molecular flexibility index (Phi) is 3.73. The molecule has 1 aromatic carbocycles. The maximum Gasteiger partial charge on any atom is 0.262 e. The van der Waals surface area contributed by atoms with Crippen LogP contribution >= 0.6 is 0 Å². The van der Waals surface area contributed by atoms with Crippen molar-refractivity contribution in [1.29, 1.82) is 0 Å². The van der Waals surface area contributed by atoms with E-state index in [0.29, 0.717) is 19.5 Å². The van der Waals surface area contributed by atoms with E-state index < -0.39 is 10.0 Å². The summed E-state index contributed by atoms with van der Waals surface area (Å²) in [4.78, 5) is 4.01. The van der Waals surface area contributed by atoms with Crippen molar-refractivity contribution < 1.29 is 8.42 Å². The first-order chi connectivity index (χ1) is 11.9. The number of aromatic amines is 1. The quantitative estimate of drug-likeness (QED) is 0.775. The number of nitrogens with zero attached hydrogens (tertiary/aromatic N) is 4. The standard InChI is InChI=1S/C17H19N5O2S/c1-12-3-5-13(6-4-12)17-14-9-22(8-7-15(14)19-20-17)25(23,24)16-10-21(2)11-18-16/h3-6,10-11H,7-9H2,1-2H3,(H,19,20). The lowest BCUT2D eigenvalue weighted by Gasteiger charge is -2.25. The minimum Gasteiger partial charge on any atom is -0.339 e. The van der Waals surface area contributed by atoms with Gasteiger partial charge in [0.15, 0.2) is 5.03 Å². The highest BCUT2D eigenvalue weighted by Gasteiger charge is 2.32. The van der Waals surface area contributed by atoms with Gasteiger partial charge in [-0.2, -0.15) is 9.40 Å². The Bertz CT molecular complexity index is 1020. The molecule has 0 atom stereocenters. The van der Waals surface area contributed by atoms with Crippen LogP contribution in [0.3, 0.4) is 0 Å². The van der Waals surface area contributed by atoms with Gasteiger partial charge >= 0.3 is 0 Å². The van der Waals surface area contributed by atoms with Gasteiger partial charge in [0, 0.05) is 49.6 Å². The van der Waals surface area contributed by atoms with E-state index in [-0.39, 0.29) is 5.03 Å². The molecule has 1 N–H and O–H groups in total. The van der Waals surface area contributed by atoms with E-state index in [9.17, 15) is 8.42 Å². The van der Waals surface area contributed by atoms with Crippen LogP contribution in [-0.4, -0.2) is 39.0 Å². The minimum atomic E-state index is -3.61. The molecule has 0 radical (unpaired) electrons. The van der Waals surface area contributed by atoms with E-state index in [1.165, 1.54) is 22.4 Å². The number of rotatable bonds is 3. The zero-order valence-corrected chi connectivity index (χ0v) is 14.9. The van der Waals surface area contributed by atoms with Gasteiger partial charge in [0.25, 0.3) is 10.0 Å². The Balaban J connectivity index is 1.69. The average molecular weight is 357 g/mol. The van der Waals surface area contributed by atoms with Crippen molar-refractivity contribution >= 4 is 10.0 Å². The van der Waals surface area contributed by atoms with E-state index in [1.54, 1.807) is 11.6 Å². The number of imidazole rings is 1. The van der Waals surface area contributed by atoms with Crippen LogP contribution in [0.1, 0.15) is 16.8 Å². The van der Waals surface area contributed by atoms with E-state index in [1.807, 2.05) is 31.2 Å². The number of hydrogen-bond acceptors (Lipinski definition) is 4. The summed E-state index contributed by atoms with van der Waals surface area (Å²) in [6.07, 6.45) is 3.64. The third kappa shape index (κ3) is 2.77. The Hall–Kier alpha value is -2.45. The van der Waals surface area contributed by atoms with E-state index in [0.717, 1.165) is 22.5 Å². The van der Waals surface area contributed by atoms with Crippen LogP contribution < -0.4 is 0 Å². The fraction of sp³-hybridized carbons (Fsp3) is 0.294. The fourth-order valence-electron chi connectivity index (χ4n) is 3.08. The second kappa shape index (κ2) is 5.82. The Morgan fingerprint density at radius 1 is 1.20 bits per heavy atom. The topological polar surface area (TPSA) is 83.9 Å². The molecule has 4 rings (SSSR count). The predicted octanol–water partition coefficient (Wildman–Crippen LogP) is 1.87. The third-order valence-electron chi connectivity index (χ3n) is 4.51. The molecule has 0 saturated carbocycles. The maximum absolute atomic E-state index is 12.8. The van der Waals surface area contributed by atoms with Crippen LogP contribution in [0.15, 0.2) is 41.8 Å². The number of H-pyrrole nitrogens is 1. The molecule has 0 amide bonds. The largest absolute Gasteiger partial charge is 0.339 e. The number of sulfonamides is 1. The van der Waals surface area contributed by atoms with Gasteiger partial charge in [0.2, 0.25) is 0 Å². The summed E-state index contributed by atoms with van der Waals surface area (Å²) in [5.41, 5.74) is 4.92. The fourth-order valence-corrected chi connectivity index (χ4v) is 4.46. The lowest BCUT2D eigenvalue weighted by atomic mass is 10.0. The molecule has 0 aliphatic carbocycles. The Labute approximate surface area is 146 Å². The molecule has 2 aromatic heterocycles. The molecule has 8 heteroatoms. The summed E-state index contributed by atoms with van der Waals surface area (Å²) in [6.45, 7) is 2.75. The van der Waals surface area contributed by atoms with Crippen LogP contribution in [0.5, 0.6) is 0 Å². The molecule has 1 aliphatic heterocycles. The lowest BCUT2D eigenvalue weighted by molar-refractivity contribution is 0.389. The first-order valence-corrected chi connectivity index (χ1v) is 9.50. The zero-order chi connectivity index (χ0) is 17.6. The highest BCUT2D eigenvalue weighted by Crippen LogP contribution is 2.30. The first kappa shape index (κ1) is 16.0. The average Bonchev–Trinajstić information content (AvgIpc) is 3.21. The first-order valence-electron chi connectivity index (χ1n) is 8.06. The van der Waals surface area contributed by atoms with Crippen LogP contribution in [-0.2, 0) is 30.0 Å². The smallest absolute Gasteiger partial charge is 0.262 e. The Morgan fingerprint density at radius 3 is 2.64 bits per heavy atom. The van der Waals surface area contributed by atoms with Crippen molar-refractivity contribution in [1.82, 2.24) is 24.1 Å². The molecule has 3 heterocycles. The molecule has 1 aliphatic rings. The van der Waals surface area contributed by atoms with Crippen LogP contribution in [0.4, 0.5) is 0 Å². The summed E-state index contributed by atoms with van der Waals surface area (Å²) in [7, 11) is -1.85. The second-order valence-corrected chi connectivity index (χ2v) is 8.25. The highest BCUT2D eigenvalue weighted by atomic mass is 32.2. The molecular weight excluding hydrogens is 338 g/mol. The summed E-state index contributed by atoms with van der Waals surface area (Å²) in [6, 6.07) is 8.08. The van der Waals surface area contributed by atoms with Crippen LogP contribution in [0.2, 0.25) is 0 Å². The van der Waals surface area contributed by atoms with Gasteiger partial charge in [-0.25, -0.2) is 13.4 Å². The molecule has 0 spiro atoms. The molecule has 0 saturated heterocycles. The molecular formula is C17H19N5O2S. The Morgan fingerprint density at radius 2 is 1.96 bits per heavy atom. The van der Waals surface area contributed by atoms with Crippen molar-refractivity contribution in [2.24, 2.45) is 7.05 Å². The van der Waals surface area contributed by atoms with Gasteiger partial charge in [-0.15, -0.1) is 0 Å². The molecule has 0 fully saturated rings. The third-order valence-corrected chi connectivity index (χ3v) is 6.24. The molecule has 0 unspecified atom stereocenters. The summed E-state index contributed by atoms with van der Waals surface area (Å²) < 4.78 is 28.8. The molecule has 3 aromatic rings. The monoisotopic (exact) mass is 357 g/mol. The number of hydrogen-bond donors (Lipinski definition) is 1. The van der Waals surface area contributed by atoms with Crippen molar-refractivity contribution in [3.05, 3.63) is 53.6 Å². The van der Waals surface area contributed by atoms with E-state index >= 15 is 0 Å². The SMILES string of the molecule is Cc1ccc(-c2n[nH]c3c2CN(S(=O)(=O)c2cn(C)cn2)CC3)cc1. The molecule has 25 heavy (non-hydrogen) atoms. The minimum absolute atomic E-state index is 0.0823. The van der Waals surface area contributed by atoms with Crippen molar-refractivity contribution in [2.75, 3.05) is 6.54 Å². The maximum atomic E-state index is 12.8.